The van der Waals surface area contributed by atoms with Gasteiger partial charge < -0.3 is 4.74 Å². The summed E-state index contributed by atoms with van der Waals surface area (Å²) in [6.07, 6.45) is 0. The molecule has 0 aliphatic heterocycles. The fourth-order valence-electron chi connectivity index (χ4n) is 2.85. The van der Waals surface area contributed by atoms with Gasteiger partial charge in [-0.1, -0.05) is 36.4 Å². The zero-order valence-corrected chi connectivity index (χ0v) is 17.1. The van der Waals surface area contributed by atoms with Gasteiger partial charge in [-0.15, -0.1) is 11.3 Å². The molecule has 7 heteroatoms. The van der Waals surface area contributed by atoms with Gasteiger partial charge in [-0.25, -0.2) is 13.2 Å². The number of fused-ring (bicyclic) bond motifs is 1. The van der Waals surface area contributed by atoms with Gasteiger partial charge >= 0.3 is 5.97 Å². The van der Waals surface area contributed by atoms with E-state index in [2.05, 4.69) is 0 Å². The van der Waals surface area contributed by atoms with Crippen LogP contribution in [0.3, 0.4) is 0 Å². The second-order valence-electron chi connectivity index (χ2n) is 6.32. The second kappa shape index (κ2) is 7.69. The third-order valence-electron chi connectivity index (χ3n) is 4.44. The van der Waals surface area contributed by atoms with Crippen LogP contribution in [0.25, 0.3) is 10.1 Å². The van der Waals surface area contributed by atoms with Crippen LogP contribution in [0.1, 0.15) is 9.67 Å². The Bertz CT molecular complexity index is 1230. The van der Waals surface area contributed by atoms with Crippen molar-refractivity contribution in [3.05, 3.63) is 89.8 Å². The Balaban J connectivity index is 1.51. The minimum Gasteiger partial charge on any atom is -0.422 e. The van der Waals surface area contributed by atoms with Crippen molar-refractivity contribution in [2.45, 2.75) is 4.90 Å². The number of hydrogen-bond acceptors (Lipinski definition) is 5. The molecule has 0 atom stereocenters. The quantitative estimate of drug-likeness (QED) is 0.337. The largest absolute Gasteiger partial charge is 0.422 e. The monoisotopic (exact) mass is 423 g/mol. The first-order chi connectivity index (χ1) is 13.9. The Morgan fingerprint density at radius 3 is 2.24 bits per heavy atom. The minimum atomic E-state index is -3.66. The third kappa shape index (κ3) is 3.87. The summed E-state index contributed by atoms with van der Waals surface area (Å²) >= 11 is 1.37. The fourth-order valence-corrected chi connectivity index (χ4v) is 5.01. The molecule has 0 aliphatic carbocycles. The van der Waals surface area contributed by atoms with Crippen LogP contribution in [-0.4, -0.2) is 21.4 Å². The molecule has 0 unspecified atom stereocenters. The van der Waals surface area contributed by atoms with Gasteiger partial charge in [0.1, 0.15) is 10.6 Å². The van der Waals surface area contributed by atoms with Crippen molar-refractivity contribution in [1.82, 2.24) is 0 Å². The maximum Gasteiger partial charge on any atom is 0.353 e. The zero-order valence-electron chi connectivity index (χ0n) is 15.5. The van der Waals surface area contributed by atoms with Gasteiger partial charge in [-0.2, -0.15) is 0 Å². The van der Waals surface area contributed by atoms with Crippen molar-refractivity contribution >= 4 is 43.1 Å². The molecule has 0 saturated carbocycles. The van der Waals surface area contributed by atoms with Crippen molar-refractivity contribution in [1.29, 1.82) is 0 Å². The Kier molecular flexibility index (Phi) is 5.08. The lowest BCUT2D eigenvalue weighted by Crippen LogP contribution is -2.26. The second-order valence-corrected chi connectivity index (χ2v) is 9.37. The topological polar surface area (TPSA) is 63.7 Å². The highest BCUT2D eigenvalue weighted by Gasteiger charge is 2.21. The zero-order chi connectivity index (χ0) is 20.4. The molecule has 29 heavy (non-hydrogen) atoms. The number of benzene rings is 3. The highest BCUT2D eigenvalue weighted by atomic mass is 32.2. The Morgan fingerprint density at radius 2 is 1.55 bits per heavy atom. The van der Waals surface area contributed by atoms with E-state index in [4.69, 9.17) is 4.74 Å². The first-order valence-electron chi connectivity index (χ1n) is 8.80. The number of esters is 1. The molecule has 0 saturated heterocycles. The average molecular weight is 424 g/mol. The summed E-state index contributed by atoms with van der Waals surface area (Å²) < 4.78 is 33.1. The standard InChI is InChI=1S/C22H17NO4S2/c1-23(29(25,26)19-8-3-2-4-9-19)17-11-13-18(14-12-17)27-22(24)21-15-16-7-5-6-10-20(16)28-21/h2-15H,1H3. The molecule has 0 aliphatic rings. The summed E-state index contributed by atoms with van der Waals surface area (Å²) in [6, 6.07) is 24.1. The number of carbonyl (C=O) groups is 1. The molecule has 1 aromatic heterocycles. The van der Waals surface area contributed by atoms with Gasteiger partial charge in [-0.05, 0) is 53.9 Å². The lowest BCUT2D eigenvalue weighted by molar-refractivity contribution is 0.0740. The lowest BCUT2D eigenvalue weighted by atomic mass is 10.2. The van der Waals surface area contributed by atoms with E-state index in [9.17, 15) is 13.2 Å². The van der Waals surface area contributed by atoms with Crippen molar-refractivity contribution < 1.29 is 17.9 Å². The van der Waals surface area contributed by atoms with E-state index in [-0.39, 0.29) is 4.90 Å². The molecule has 0 bridgehead atoms. The van der Waals surface area contributed by atoms with Crippen LogP contribution < -0.4 is 9.04 Å². The van der Waals surface area contributed by atoms with Gasteiger partial charge in [0.15, 0.2) is 0 Å². The van der Waals surface area contributed by atoms with Crippen LogP contribution in [0.5, 0.6) is 5.75 Å². The maximum atomic E-state index is 12.7. The van der Waals surface area contributed by atoms with E-state index in [0.717, 1.165) is 10.1 Å². The number of anilines is 1. The lowest BCUT2D eigenvalue weighted by Gasteiger charge is -2.19. The number of nitrogens with zero attached hydrogens (tertiary/aromatic N) is 1. The summed E-state index contributed by atoms with van der Waals surface area (Å²) in [4.78, 5) is 13.2. The predicted octanol–water partition coefficient (Wildman–Crippen LogP) is 4.95. The van der Waals surface area contributed by atoms with Gasteiger partial charge in [0.25, 0.3) is 10.0 Å². The Labute approximate surface area is 172 Å². The average Bonchev–Trinajstić information content (AvgIpc) is 3.19. The highest BCUT2D eigenvalue weighted by molar-refractivity contribution is 7.92. The molecule has 0 spiro atoms. The molecule has 4 aromatic rings. The number of sulfonamides is 1. The fraction of sp³-hybridized carbons (Fsp3) is 0.0455. The summed E-state index contributed by atoms with van der Waals surface area (Å²) in [7, 11) is -2.17. The van der Waals surface area contributed by atoms with E-state index < -0.39 is 16.0 Å². The van der Waals surface area contributed by atoms with Gasteiger partial charge in [0.2, 0.25) is 0 Å². The molecule has 0 fully saturated rings. The first-order valence-corrected chi connectivity index (χ1v) is 11.1. The number of carbonyl (C=O) groups excluding carboxylic acids is 1. The summed E-state index contributed by atoms with van der Waals surface area (Å²) in [5, 5.41) is 0.993. The maximum absolute atomic E-state index is 12.7. The van der Waals surface area contributed by atoms with E-state index in [1.807, 2.05) is 24.3 Å². The van der Waals surface area contributed by atoms with Gasteiger partial charge in [0, 0.05) is 11.7 Å². The van der Waals surface area contributed by atoms with E-state index in [1.54, 1.807) is 60.7 Å². The summed E-state index contributed by atoms with van der Waals surface area (Å²) in [5.41, 5.74) is 0.468. The van der Waals surface area contributed by atoms with E-state index in [0.29, 0.717) is 16.3 Å². The SMILES string of the molecule is CN(c1ccc(OC(=O)c2cc3ccccc3s2)cc1)S(=O)(=O)c1ccccc1. The molecule has 0 amide bonds. The highest BCUT2D eigenvalue weighted by Crippen LogP contribution is 2.28. The molecule has 0 radical (unpaired) electrons. The molecule has 0 N–H and O–H groups in total. The Morgan fingerprint density at radius 1 is 0.897 bits per heavy atom. The van der Waals surface area contributed by atoms with Gasteiger partial charge in [-0.3, -0.25) is 4.31 Å². The minimum absolute atomic E-state index is 0.211. The van der Waals surface area contributed by atoms with Crippen LogP contribution in [0.2, 0.25) is 0 Å². The van der Waals surface area contributed by atoms with E-state index >= 15 is 0 Å². The number of thiophene rings is 1. The summed E-state index contributed by atoms with van der Waals surface area (Å²) in [6.45, 7) is 0. The first kappa shape index (κ1) is 19.2. The third-order valence-corrected chi connectivity index (χ3v) is 7.34. The van der Waals surface area contributed by atoms with Crippen LogP contribution in [0.15, 0.2) is 89.8 Å². The molecule has 1 heterocycles. The molecule has 4 rings (SSSR count). The van der Waals surface area contributed by atoms with Crippen LogP contribution in [0.4, 0.5) is 5.69 Å². The van der Waals surface area contributed by atoms with Gasteiger partial charge in [0.05, 0.1) is 10.6 Å². The molecule has 146 valence electrons. The Hall–Kier alpha value is -3.16. The van der Waals surface area contributed by atoms with Crippen LogP contribution >= 0.6 is 11.3 Å². The predicted molar refractivity (Wildman–Crippen MR) is 115 cm³/mol. The molecule has 3 aromatic carbocycles. The smallest absolute Gasteiger partial charge is 0.353 e. The van der Waals surface area contributed by atoms with Crippen molar-refractivity contribution in [2.24, 2.45) is 0 Å². The normalized spacial score (nSPS) is 11.3. The number of hydrogen-bond donors (Lipinski definition) is 0. The molecule has 5 nitrogen and oxygen atoms in total. The van der Waals surface area contributed by atoms with Crippen LogP contribution in [-0.2, 0) is 10.0 Å². The van der Waals surface area contributed by atoms with E-state index in [1.165, 1.54) is 22.7 Å². The van der Waals surface area contributed by atoms with Crippen molar-refractivity contribution in [3.8, 4) is 5.75 Å². The molecular weight excluding hydrogens is 406 g/mol. The number of ether oxygens (including phenoxy) is 1. The summed E-state index contributed by atoms with van der Waals surface area (Å²) in [5.74, 6) is -0.0917. The number of rotatable bonds is 5. The van der Waals surface area contributed by atoms with Crippen LogP contribution in [0, 0.1) is 0 Å². The van der Waals surface area contributed by atoms with Crippen molar-refractivity contribution in [3.63, 3.8) is 0 Å². The van der Waals surface area contributed by atoms with Crippen molar-refractivity contribution in [2.75, 3.05) is 11.4 Å². The molecular formula is C22H17NO4S2.